The van der Waals surface area contributed by atoms with Gasteiger partial charge in [-0.25, -0.2) is 0 Å². The molecule has 0 aromatic heterocycles. The van der Waals surface area contributed by atoms with E-state index in [0.717, 1.165) is 38.5 Å². The SMILES string of the molecule is C[C@@H]1C[C@@H]2CCC[C@](C(C(=O)O)C(=O)O)(C1)C2. The third kappa shape index (κ3) is 2.17. The molecule has 0 spiro atoms. The van der Waals surface area contributed by atoms with Gasteiger partial charge in [0.25, 0.3) is 0 Å². The van der Waals surface area contributed by atoms with Crippen LogP contribution in [0.4, 0.5) is 0 Å². The molecule has 2 rings (SSSR count). The maximum atomic E-state index is 11.3. The Morgan fingerprint density at radius 2 is 1.88 bits per heavy atom. The highest BCUT2D eigenvalue weighted by Gasteiger charge is 2.52. The average Bonchev–Trinajstić information content (AvgIpc) is 2.13. The van der Waals surface area contributed by atoms with Gasteiger partial charge in [0.15, 0.2) is 5.92 Å². The molecule has 0 radical (unpaired) electrons. The minimum atomic E-state index is -1.21. The van der Waals surface area contributed by atoms with E-state index in [0.29, 0.717) is 11.8 Å². The van der Waals surface area contributed by atoms with E-state index in [1.165, 1.54) is 0 Å². The minimum absolute atomic E-state index is 0.454. The van der Waals surface area contributed by atoms with E-state index in [9.17, 15) is 19.8 Å². The molecule has 0 saturated heterocycles. The zero-order chi connectivity index (χ0) is 12.6. The van der Waals surface area contributed by atoms with Gasteiger partial charge >= 0.3 is 11.9 Å². The van der Waals surface area contributed by atoms with Gasteiger partial charge in [-0.2, -0.15) is 0 Å². The van der Waals surface area contributed by atoms with Crippen molar-refractivity contribution in [1.82, 2.24) is 0 Å². The molecule has 2 bridgehead atoms. The lowest BCUT2D eigenvalue weighted by Gasteiger charge is -2.49. The van der Waals surface area contributed by atoms with Crippen LogP contribution in [0.5, 0.6) is 0 Å². The van der Waals surface area contributed by atoms with Crippen molar-refractivity contribution in [2.45, 2.75) is 45.4 Å². The molecule has 2 fully saturated rings. The fraction of sp³-hybridized carbons (Fsp3) is 0.846. The van der Waals surface area contributed by atoms with Crippen LogP contribution in [0.2, 0.25) is 0 Å². The lowest BCUT2D eigenvalue weighted by molar-refractivity contribution is -0.166. The first kappa shape index (κ1) is 12.4. The molecule has 0 unspecified atom stereocenters. The van der Waals surface area contributed by atoms with E-state index < -0.39 is 23.3 Å². The first-order valence-corrected chi connectivity index (χ1v) is 6.40. The molecule has 17 heavy (non-hydrogen) atoms. The van der Waals surface area contributed by atoms with Crippen molar-refractivity contribution in [1.29, 1.82) is 0 Å². The van der Waals surface area contributed by atoms with E-state index in [4.69, 9.17) is 0 Å². The first-order chi connectivity index (χ1) is 7.94. The Labute approximate surface area is 101 Å². The molecule has 2 aliphatic carbocycles. The summed E-state index contributed by atoms with van der Waals surface area (Å²) in [5.41, 5.74) is -0.488. The van der Waals surface area contributed by atoms with Crippen LogP contribution < -0.4 is 0 Å². The molecule has 3 atom stereocenters. The van der Waals surface area contributed by atoms with Crippen LogP contribution >= 0.6 is 0 Å². The monoisotopic (exact) mass is 240 g/mol. The van der Waals surface area contributed by atoms with Gasteiger partial charge in [0.2, 0.25) is 0 Å². The summed E-state index contributed by atoms with van der Waals surface area (Å²) in [4.78, 5) is 22.5. The van der Waals surface area contributed by atoms with Crippen LogP contribution in [0.3, 0.4) is 0 Å². The highest BCUT2D eigenvalue weighted by Crippen LogP contribution is 2.55. The van der Waals surface area contributed by atoms with Crippen molar-refractivity contribution in [2.75, 3.05) is 0 Å². The molecule has 0 aromatic rings. The van der Waals surface area contributed by atoms with Gasteiger partial charge in [0.1, 0.15) is 0 Å². The Morgan fingerprint density at radius 3 is 2.47 bits per heavy atom. The minimum Gasteiger partial charge on any atom is -0.481 e. The fourth-order valence-corrected chi connectivity index (χ4v) is 4.26. The number of rotatable bonds is 3. The summed E-state index contributed by atoms with van der Waals surface area (Å²) in [5.74, 6) is -2.54. The molecule has 2 N–H and O–H groups in total. The number of carboxylic acid groups (broad SMARTS) is 2. The van der Waals surface area contributed by atoms with E-state index in [1.807, 2.05) is 0 Å². The normalized spacial score (nSPS) is 36.8. The predicted molar refractivity (Wildman–Crippen MR) is 61.6 cm³/mol. The van der Waals surface area contributed by atoms with Gasteiger partial charge in [0.05, 0.1) is 0 Å². The van der Waals surface area contributed by atoms with Crippen molar-refractivity contribution in [3.63, 3.8) is 0 Å². The van der Waals surface area contributed by atoms with E-state index >= 15 is 0 Å². The Bertz CT molecular complexity index is 320. The van der Waals surface area contributed by atoms with Crippen LogP contribution in [0.1, 0.15) is 45.4 Å². The van der Waals surface area contributed by atoms with Crippen LogP contribution in [-0.2, 0) is 9.59 Å². The lowest BCUT2D eigenvalue weighted by Crippen LogP contribution is -2.47. The quantitative estimate of drug-likeness (QED) is 0.743. The Hall–Kier alpha value is -1.06. The van der Waals surface area contributed by atoms with Gasteiger partial charge in [-0.15, -0.1) is 0 Å². The van der Waals surface area contributed by atoms with Crippen LogP contribution in [0.25, 0.3) is 0 Å². The topological polar surface area (TPSA) is 74.6 Å². The molecule has 4 nitrogen and oxygen atoms in total. The number of carboxylic acids is 2. The second kappa shape index (κ2) is 4.31. The molecule has 0 aliphatic heterocycles. The predicted octanol–water partition coefficient (Wildman–Crippen LogP) is 2.38. The van der Waals surface area contributed by atoms with Gasteiger partial charge in [-0.05, 0) is 42.9 Å². The molecule has 0 heterocycles. The summed E-state index contributed by atoms with van der Waals surface area (Å²) in [7, 11) is 0. The second-order valence-electron chi connectivity index (χ2n) is 5.98. The largest absolute Gasteiger partial charge is 0.481 e. The standard InChI is InChI=1S/C13H20O4/c1-8-5-9-3-2-4-13(6-8,7-9)10(11(14)15)12(16)17/h8-10H,2-7H2,1H3,(H,14,15)(H,16,17)/t8-,9+,13+/m1/s1. The van der Waals surface area contributed by atoms with Crippen molar-refractivity contribution in [3.05, 3.63) is 0 Å². The molecule has 2 saturated carbocycles. The molecule has 96 valence electrons. The smallest absolute Gasteiger partial charge is 0.318 e. The van der Waals surface area contributed by atoms with Gasteiger partial charge < -0.3 is 10.2 Å². The maximum absolute atomic E-state index is 11.3. The van der Waals surface area contributed by atoms with Gasteiger partial charge in [-0.3, -0.25) is 9.59 Å². The zero-order valence-corrected chi connectivity index (χ0v) is 10.2. The summed E-state index contributed by atoms with van der Waals surface area (Å²) >= 11 is 0. The molecule has 0 amide bonds. The summed E-state index contributed by atoms with van der Waals surface area (Å²) in [6.07, 6.45) is 5.56. The second-order valence-corrected chi connectivity index (χ2v) is 5.98. The number of hydrogen-bond acceptors (Lipinski definition) is 2. The Balaban J connectivity index is 2.31. The zero-order valence-electron chi connectivity index (χ0n) is 10.2. The number of carbonyl (C=O) groups is 2. The average molecular weight is 240 g/mol. The summed E-state index contributed by atoms with van der Waals surface area (Å²) in [6.45, 7) is 2.12. The summed E-state index contributed by atoms with van der Waals surface area (Å²) < 4.78 is 0. The Kier molecular flexibility index (Phi) is 3.15. The highest BCUT2D eigenvalue weighted by atomic mass is 16.4. The van der Waals surface area contributed by atoms with Crippen molar-refractivity contribution in [2.24, 2.45) is 23.2 Å². The van der Waals surface area contributed by atoms with Crippen LogP contribution in [-0.4, -0.2) is 22.2 Å². The molecule has 2 aliphatic rings. The van der Waals surface area contributed by atoms with Gasteiger partial charge in [0, 0.05) is 0 Å². The van der Waals surface area contributed by atoms with E-state index in [2.05, 4.69) is 6.92 Å². The summed E-state index contributed by atoms with van der Waals surface area (Å²) in [5, 5.41) is 18.4. The summed E-state index contributed by atoms with van der Waals surface area (Å²) in [6, 6.07) is 0. The molecular weight excluding hydrogens is 220 g/mol. The van der Waals surface area contributed by atoms with Gasteiger partial charge in [-0.1, -0.05) is 19.8 Å². The van der Waals surface area contributed by atoms with Crippen LogP contribution in [0, 0.1) is 23.2 Å². The van der Waals surface area contributed by atoms with E-state index in [1.54, 1.807) is 0 Å². The third-order valence-corrected chi connectivity index (χ3v) is 4.58. The van der Waals surface area contributed by atoms with Crippen LogP contribution in [0.15, 0.2) is 0 Å². The van der Waals surface area contributed by atoms with E-state index in [-0.39, 0.29) is 0 Å². The number of fused-ring (bicyclic) bond motifs is 2. The first-order valence-electron chi connectivity index (χ1n) is 6.40. The molecule has 4 heteroatoms. The number of aliphatic carboxylic acids is 2. The van der Waals surface area contributed by atoms with Crippen molar-refractivity contribution < 1.29 is 19.8 Å². The lowest BCUT2D eigenvalue weighted by atomic mass is 9.54. The maximum Gasteiger partial charge on any atom is 0.318 e. The third-order valence-electron chi connectivity index (χ3n) is 4.58. The van der Waals surface area contributed by atoms with Crippen molar-refractivity contribution >= 4 is 11.9 Å². The molecule has 0 aromatic carbocycles. The Morgan fingerprint density at radius 1 is 1.24 bits per heavy atom. The highest BCUT2D eigenvalue weighted by molar-refractivity contribution is 5.94. The van der Waals surface area contributed by atoms with Crippen molar-refractivity contribution in [3.8, 4) is 0 Å². The fourth-order valence-electron chi connectivity index (χ4n) is 4.26. The number of hydrogen-bond donors (Lipinski definition) is 2. The molecular formula is C13H20O4.